The molecule has 0 amide bonds. The minimum absolute atomic E-state index is 0.0825. The average molecular weight is 657 g/mol. The zero-order valence-corrected chi connectivity index (χ0v) is 27.9. The number of hydrogen-bond acceptors (Lipinski definition) is 10. The first-order valence-electron chi connectivity index (χ1n) is 17.1. The highest BCUT2D eigenvalue weighted by atomic mass is 32.3. The molecule has 3 saturated heterocycles. The number of hydrogen-bond donors (Lipinski definition) is 4. The van der Waals surface area contributed by atoms with E-state index in [4.69, 9.17) is 23.1 Å². The molecule has 4 aliphatic carbocycles. The average Bonchev–Trinajstić information content (AvgIpc) is 3.41. The van der Waals surface area contributed by atoms with E-state index in [1.807, 2.05) is 0 Å². The highest BCUT2D eigenvalue weighted by molar-refractivity contribution is 7.80. The molecule has 0 bridgehead atoms. The van der Waals surface area contributed by atoms with E-state index in [9.17, 15) is 28.3 Å². The van der Waals surface area contributed by atoms with E-state index in [1.165, 1.54) is 0 Å². The summed E-state index contributed by atoms with van der Waals surface area (Å²) in [6.07, 6.45) is 1.19. The lowest BCUT2D eigenvalue weighted by atomic mass is 9.46. The molecule has 0 radical (unpaired) electrons. The van der Waals surface area contributed by atoms with E-state index in [2.05, 4.69) is 33.8 Å². The van der Waals surface area contributed by atoms with Gasteiger partial charge in [-0.1, -0.05) is 39.3 Å². The van der Waals surface area contributed by atoms with Crippen LogP contribution in [0.15, 0.2) is 11.6 Å². The Morgan fingerprint density at radius 3 is 2.42 bits per heavy atom. The van der Waals surface area contributed by atoms with E-state index >= 15 is 0 Å². The molecule has 7 rings (SSSR count). The molecule has 0 unspecified atom stereocenters. The number of aliphatic hydroxyl groups excluding tert-OH is 3. The van der Waals surface area contributed by atoms with Crippen LogP contribution in [0.4, 0.5) is 0 Å². The van der Waals surface area contributed by atoms with Crippen LogP contribution in [0.3, 0.4) is 0 Å². The maximum atomic E-state index is 12.2. The van der Waals surface area contributed by atoms with Gasteiger partial charge >= 0.3 is 10.4 Å². The number of rotatable bonds is 4. The highest BCUT2D eigenvalue weighted by Crippen LogP contribution is 2.71. The Bertz CT molecular complexity index is 1280. The first-order valence-corrected chi connectivity index (χ1v) is 18.5. The minimum Gasteiger partial charge on any atom is -0.388 e. The van der Waals surface area contributed by atoms with Crippen molar-refractivity contribution in [1.82, 2.24) is 0 Å². The lowest BCUT2D eigenvalue weighted by molar-refractivity contribution is -0.307. The van der Waals surface area contributed by atoms with Crippen molar-refractivity contribution in [2.24, 2.45) is 46.3 Å². The summed E-state index contributed by atoms with van der Waals surface area (Å²) >= 11 is 0. The van der Waals surface area contributed by atoms with E-state index < -0.39 is 64.5 Å². The lowest BCUT2D eigenvalue weighted by Crippen LogP contribution is -2.60. The molecule has 0 aromatic heterocycles. The molecule has 45 heavy (non-hydrogen) atoms. The Hall–Kier alpha value is -0.670. The zero-order chi connectivity index (χ0) is 32.3. The molecule has 3 aliphatic heterocycles. The van der Waals surface area contributed by atoms with Crippen molar-refractivity contribution in [2.45, 2.75) is 141 Å². The van der Waals surface area contributed by atoms with Crippen LogP contribution in [-0.2, 0) is 33.5 Å². The van der Waals surface area contributed by atoms with Gasteiger partial charge in [-0.15, -0.1) is 0 Å². The van der Waals surface area contributed by atoms with E-state index in [0.717, 1.165) is 50.7 Å². The molecule has 17 atom stereocenters. The second kappa shape index (κ2) is 11.2. The van der Waals surface area contributed by atoms with Gasteiger partial charge < -0.3 is 34.3 Å². The Balaban J connectivity index is 1.14. The first-order chi connectivity index (χ1) is 21.1. The zero-order valence-electron chi connectivity index (χ0n) is 27.1. The lowest BCUT2D eigenvalue weighted by Gasteiger charge is -2.60. The van der Waals surface area contributed by atoms with Gasteiger partial charge in [0.15, 0.2) is 12.1 Å². The molecule has 0 aromatic carbocycles. The molecule has 0 aromatic rings. The van der Waals surface area contributed by atoms with Crippen LogP contribution in [0.2, 0.25) is 0 Å². The van der Waals surface area contributed by atoms with Crippen LogP contribution in [0.5, 0.6) is 0 Å². The van der Waals surface area contributed by atoms with Gasteiger partial charge in [0.1, 0.15) is 18.3 Å². The fourth-order valence-electron chi connectivity index (χ4n) is 11.4. The second-order valence-electron chi connectivity index (χ2n) is 16.0. The minimum atomic E-state index is -4.78. The van der Waals surface area contributed by atoms with Crippen LogP contribution < -0.4 is 0 Å². The quantitative estimate of drug-likeness (QED) is 0.259. The van der Waals surface area contributed by atoms with E-state index in [-0.39, 0.29) is 23.9 Å². The van der Waals surface area contributed by atoms with Crippen molar-refractivity contribution >= 4 is 10.4 Å². The number of aliphatic hydroxyl groups is 3. The molecule has 3 heterocycles. The smallest absolute Gasteiger partial charge is 0.388 e. The molecule has 12 heteroatoms. The Kier molecular flexibility index (Phi) is 8.16. The van der Waals surface area contributed by atoms with Crippen LogP contribution >= 0.6 is 0 Å². The summed E-state index contributed by atoms with van der Waals surface area (Å²) in [4.78, 5) is 0. The molecule has 6 fully saturated rings. The van der Waals surface area contributed by atoms with E-state index in [0.29, 0.717) is 36.0 Å². The fourth-order valence-corrected chi connectivity index (χ4v) is 12.0. The van der Waals surface area contributed by atoms with Crippen molar-refractivity contribution in [3.05, 3.63) is 11.6 Å². The van der Waals surface area contributed by atoms with Crippen molar-refractivity contribution in [3.8, 4) is 0 Å². The Morgan fingerprint density at radius 1 is 0.978 bits per heavy atom. The van der Waals surface area contributed by atoms with Gasteiger partial charge in [0.25, 0.3) is 0 Å². The predicted octanol–water partition coefficient (Wildman–Crippen LogP) is 3.36. The Labute approximate surface area is 266 Å². The van der Waals surface area contributed by atoms with Crippen LogP contribution in [0.1, 0.15) is 86.0 Å². The molecule has 256 valence electrons. The summed E-state index contributed by atoms with van der Waals surface area (Å²) in [7, 11) is -4.78. The topological polar surface area (TPSA) is 161 Å². The number of fused-ring (bicyclic) bond motifs is 7. The summed E-state index contributed by atoms with van der Waals surface area (Å²) in [5.74, 6) is 1.64. The third kappa shape index (κ3) is 5.11. The monoisotopic (exact) mass is 656 g/mol. The Morgan fingerprint density at radius 2 is 1.73 bits per heavy atom. The molecule has 11 nitrogen and oxygen atoms in total. The molecular weight excluding hydrogens is 604 g/mol. The normalized spacial score (nSPS) is 56.2. The van der Waals surface area contributed by atoms with Gasteiger partial charge in [-0.2, -0.15) is 8.42 Å². The molecular formula is C33H52O11S. The highest BCUT2D eigenvalue weighted by Gasteiger charge is 2.69. The van der Waals surface area contributed by atoms with Gasteiger partial charge in [-0.25, -0.2) is 4.18 Å². The summed E-state index contributed by atoms with van der Waals surface area (Å²) in [5.41, 5.74) is 0.463. The standard InChI is InChI=1S/C33H52O11S/c1-16-8-11-33(40-15-16)17(2)26-24(43-33)14-23-21-7-6-19-12-20(42-30-29(36)28(35)27(34)18(3)41-30)13-25(44-45(37,38)39)32(19,5)22(21)9-10-31(23,26)4/h6,16-18,20-30,34-36H,7-15H2,1-5H3,(H,37,38,39)/t16-,17-,18-,20+,21+,22-,23-,24-,25+,26-,27-,28+,29+,30-,31-,32-,33+/m0/s1. The second-order valence-corrected chi connectivity index (χ2v) is 17.1. The van der Waals surface area contributed by atoms with Crippen molar-refractivity contribution < 1.29 is 51.4 Å². The number of allylic oxidation sites excluding steroid dienone is 1. The van der Waals surface area contributed by atoms with Crippen molar-refractivity contribution in [2.75, 3.05) is 6.61 Å². The predicted molar refractivity (Wildman–Crippen MR) is 161 cm³/mol. The summed E-state index contributed by atoms with van der Waals surface area (Å²) in [5, 5.41) is 31.0. The maximum Gasteiger partial charge on any atom is 0.397 e. The van der Waals surface area contributed by atoms with Gasteiger partial charge in [-0.05, 0) is 80.5 Å². The van der Waals surface area contributed by atoms with Crippen molar-refractivity contribution in [3.63, 3.8) is 0 Å². The van der Waals surface area contributed by atoms with Gasteiger partial charge in [0.2, 0.25) is 0 Å². The third-order valence-electron chi connectivity index (χ3n) is 13.8. The molecule has 3 saturated carbocycles. The van der Waals surface area contributed by atoms with Crippen LogP contribution in [0, 0.1) is 46.3 Å². The SMILES string of the molecule is C[C@H]1CC[C@@]2(OC1)O[C@H]1C[C@H]3[C@@H]4CC=C5C[C@@H](O[C@@H]6O[C@@H](C)[C@H](O)[C@@H](O)[C@H]6O)C[C@@H](OS(=O)(=O)O)[C@]5(C)[C@H]4CC[C@]3(C)[C@H]1[C@@H]2C. The largest absolute Gasteiger partial charge is 0.397 e. The maximum absolute atomic E-state index is 12.2. The summed E-state index contributed by atoms with van der Waals surface area (Å²) in [6, 6.07) is 0. The molecule has 4 N–H and O–H groups in total. The third-order valence-corrected chi connectivity index (χ3v) is 14.2. The van der Waals surface area contributed by atoms with Crippen LogP contribution in [0.25, 0.3) is 0 Å². The fraction of sp³-hybridized carbons (Fsp3) is 0.939. The van der Waals surface area contributed by atoms with E-state index in [1.54, 1.807) is 6.92 Å². The van der Waals surface area contributed by atoms with Crippen LogP contribution in [-0.4, -0.2) is 89.7 Å². The van der Waals surface area contributed by atoms with Gasteiger partial charge in [0.05, 0.1) is 31.0 Å². The summed E-state index contributed by atoms with van der Waals surface area (Å²) < 4.78 is 65.1. The van der Waals surface area contributed by atoms with Gasteiger partial charge in [0, 0.05) is 24.2 Å². The summed E-state index contributed by atoms with van der Waals surface area (Å²) in [6.45, 7) is 11.4. The number of ether oxygens (including phenoxy) is 4. The first kappa shape index (κ1) is 32.9. The van der Waals surface area contributed by atoms with Gasteiger partial charge in [-0.3, -0.25) is 4.55 Å². The van der Waals surface area contributed by atoms with Crippen molar-refractivity contribution in [1.29, 1.82) is 0 Å². The molecule has 1 spiro atoms. The molecule has 7 aliphatic rings.